The van der Waals surface area contributed by atoms with Gasteiger partial charge in [0, 0.05) is 17.1 Å². The summed E-state index contributed by atoms with van der Waals surface area (Å²) in [4.78, 5) is 12.3. The van der Waals surface area contributed by atoms with Crippen LogP contribution in [0.5, 0.6) is 0 Å². The molecule has 1 aliphatic carbocycles. The van der Waals surface area contributed by atoms with Crippen molar-refractivity contribution >= 4 is 17.5 Å². The summed E-state index contributed by atoms with van der Waals surface area (Å²) < 4.78 is 0. The van der Waals surface area contributed by atoms with Gasteiger partial charge in [-0.1, -0.05) is 35.9 Å². The van der Waals surface area contributed by atoms with Gasteiger partial charge in [-0.25, -0.2) is 0 Å². The van der Waals surface area contributed by atoms with Gasteiger partial charge >= 0.3 is 0 Å². The Labute approximate surface area is 130 Å². The first-order chi connectivity index (χ1) is 10.2. The summed E-state index contributed by atoms with van der Waals surface area (Å²) in [5.41, 5.74) is 4.39. The highest BCUT2D eigenvalue weighted by atomic mass is 35.5. The lowest BCUT2D eigenvalue weighted by molar-refractivity contribution is 0.0951. The molecule has 0 spiro atoms. The van der Waals surface area contributed by atoms with E-state index in [1.54, 1.807) is 0 Å². The molecule has 1 aliphatic rings. The van der Waals surface area contributed by atoms with Crippen molar-refractivity contribution in [3.8, 4) is 0 Å². The largest absolute Gasteiger partial charge is 0.348 e. The molecule has 1 N–H and O–H groups in total. The standard InChI is InChI=1S/C18H18ClNO/c19-17-8-4-3-7-16(17)12-20-18(21)15-10-9-13-5-1-2-6-14(13)11-15/h3-4,7-11H,1-2,5-6,12H2,(H,20,21). The topological polar surface area (TPSA) is 29.1 Å². The second-order valence-electron chi connectivity index (χ2n) is 5.46. The number of rotatable bonds is 3. The monoisotopic (exact) mass is 299 g/mol. The summed E-state index contributed by atoms with van der Waals surface area (Å²) in [5, 5.41) is 3.62. The fourth-order valence-electron chi connectivity index (χ4n) is 2.79. The van der Waals surface area contributed by atoms with E-state index in [1.807, 2.05) is 36.4 Å². The molecule has 2 aromatic rings. The van der Waals surface area contributed by atoms with Gasteiger partial charge in [0.2, 0.25) is 0 Å². The zero-order valence-corrected chi connectivity index (χ0v) is 12.6. The second kappa shape index (κ2) is 6.31. The van der Waals surface area contributed by atoms with Crippen molar-refractivity contribution in [3.05, 3.63) is 69.7 Å². The average Bonchev–Trinajstić information content (AvgIpc) is 2.53. The molecule has 0 aromatic heterocycles. The first kappa shape index (κ1) is 14.2. The van der Waals surface area contributed by atoms with Crippen LogP contribution < -0.4 is 5.32 Å². The molecule has 108 valence electrons. The first-order valence-corrected chi connectivity index (χ1v) is 7.75. The lowest BCUT2D eigenvalue weighted by atomic mass is 9.90. The van der Waals surface area contributed by atoms with E-state index in [-0.39, 0.29) is 5.91 Å². The van der Waals surface area contributed by atoms with Crippen LogP contribution in [0.3, 0.4) is 0 Å². The SMILES string of the molecule is O=C(NCc1ccccc1Cl)c1ccc2c(c1)CCCC2. The van der Waals surface area contributed by atoms with Crippen LogP contribution in [-0.4, -0.2) is 5.91 Å². The van der Waals surface area contributed by atoms with Crippen LogP contribution in [0.4, 0.5) is 0 Å². The van der Waals surface area contributed by atoms with Crippen molar-refractivity contribution in [1.29, 1.82) is 0 Å². The van der Waals surface area contributed by atoms with Gasteiger partial charge < -0.3 is 5.32 Å². The molecule has 0 bridgehead atoms. The molecular formula is C18H18ClNO. The Kier molecular flexibility index (Phi) is 4.26. The van der Waals surface area contributed by atoms with Gasteiger partial charge in [-0.15, -0.1) is 0 Å². The second-order valence-corrected chi connectivity index (χ2v) is 5.87. The highest BCUT2D eigenvalue weighted by Gasteiger charge is 2.13. The third-order valence-corrected chi connectivity index (χ3v) is 4.38. The number of amides is 1. The minimum atomic E-state index is -0.0386. The molecule has 1 amide bonds. The molecule has 2 aromatic carbocycles. The van der Waals surface area contributed by atoms with Crippen LogP contribution in [0.25, 0.3) is 0 Å². The van der Waals surface area contributed by atoms with Crippen LogP contribution in [-0.2, 0) is 19.4 Å². The lowest BCUT2D eigenvalue weighted by Crippen LogP contribution is -2.23. The molecule has 0 saturated heterocycles. The molecule has 0 aliphatic heterocycles. The van der Waals surface area contributed by atoms with Gasteiger partial charge in [-0.05, 0) is 60.6 Å². The Morgan fingerprint density at radius 3 is 2.62 bits per heavy atom. The highest BCUT2D eigenvalue weighted by molar-refractivity contribution is 6.31. The van der Waals surface area contributed by atoms with Crippen LogP contribution in [0.1, 0.15) is 39.9 Å². The minimum absolute atomic E-state index is 0.0386. The summed E-state index contributed by atoms with van der Waals surface area (Å²) in [7, 11) is 0. The smallest absolute Gasteiger partial charge is 0.251 e. The normalized spacial score (nSPS) is 13.6. The fourth-order valence-corrected chi connectivity index (χ4v) is 3.00. The molecule has 21 heavy (non-hydrogen) atoms. The minimum Gasteiger partial charge on any atom is -0.348 e. The molecule has 0 heterocycles. The zero-order chi connectivity index (χ0) is 14.7. The van der Waals surface area contributed by atoms with Crippen molar-refractivity contribution < 1.29 is 4.79 Å². The van der Waals surface area contributed by atoms with Crippen molar-refractivity contribution in [2.75, 3.05) is 0 Å². The van der Waals surface area contributed by atoms with Crippen LogP contribution in [0.15, 0.2) is 42.5 Å². The van der Waals surface area contributed by atoms with Gasteiger partial charge in [0.05, 0.1) is 0 Å². The zero-order valence-electron chi connectivity index (χ0n) is 11.9. The van der Waals surface area contributed by atoms with Gasteiger partial charge in [-0.2, -0.15) is 0 Å². The third kappa shape index (κ3) is 3.27. The molecule has 0 radical (unpaired) electrons. The number of nitrogens with one attached hydrogen (secondary N) is 1. The molecule has 0 atom stereocenters. The predicted molar refractivity (Wildman–Crippen MR) is 85.7 cm³/mol. The summed E-state index contributed by atoms with van der Waals surface area (Å²) in [6.07, 6.45) is 4.70. The van der Waals surface area contributed by atoms with Crippen LogP contribution >= 0.6 is 11.6 Å². The molecular weight excluding hydrogens is 282 g/mol. The maximum atomic E-state index is 12.3. The molecule has 2 nitrogen and oxygen atoms in total. The Bertz CT molecular complexity index is 666. The quantitative estimate of drug-likeness (QED) is 0.906. The van der Waals surface area contributed by atoms with Crippen molar-refractivity contribution in [1.82, 2.24) is 5.32 Å². The number of fused-ring (bicyclic) bond motifs is 1. The number of benzene rings is 2. The van der Waals surface area contributed by atoms with Gasteiger partial charge in [-0.3, -0.25) is 4.79 Å². The number of carbonyl (C=O) groups is 1. The number of carbonyl (C=O) groups excluding carboxylic acids is 1. The summed E-state index contributed by atoms with van der Waals surface area (Å²) in [6.45, 7) is 0.454. The number of hydrogen-bond donors (Lipinski definition) is 1. The summed E-state index contributed by atoms with van der Waals surface area (Å²) in [6, 6.07) is 13.6. The summed E-state index contributed by atoms with van der Waals surface area (Å²) >= 11 is 6.10. The Hall–Kier alpha value is -1.80. The molecule has 3 rings (SSSR count). The average molecular weight is 300 g/mol. The number of halogens is 1. The van der Waals surface area contributed by atoms with Gasteiger partial charge in [0.1, 0.15) is 0 Å². The Balaban J connectivity index is 1.69. The predicted octanol–water partition coefficient (Wildman–Crippen LogP) is 4.15. The van der Waals surface area contributed by atoms with E-state index < -0.39 is 0 Å². The fraction of sp³-hybridized carbons (Fsp3) is 0.278. The van der Waals surface area contributed by atoms with E-state index in [4.69, 9.17) is 11.6 Å². The molecule has 0 fully saturated rings. The first-order valence-electron chi connectivity index (χ1n) is 7.37. The van der Waals surface area contributed by atoms with E-state index in [9.17, 15) is 4.79 Å². The molecule has 3 heteroatoms. The van der Waals surface area contributed by atoms with Crippen molar-refractivity contribution in [3.63, 3.8) is 0 Å². The number of hydrogen-bond acceptors (Lipinski definition) is 1. The van der Waals surface area contributed by atoms with Crippen molar-refractivity contribution in [2.24, 2.45) is 0 Å². The van der Waals surface area contributed by atoms with E-state index >= 15 is 0 Å². The van der Waals surface area contributed by atoms with E-state index in [1.165, 1.54) is 24.0 Å². The maximum Gasteiger partial charge on any atom is 0.251 e. The third-order valence-electron chi connectivity index (χ3n) is 4.01. The summed E-state index contributed by atoms with van der Waals surface area (Å²) in [5.74, 6) is -0.0386. The van der Waals surface area contributed by atoms with Crippen LogP contribution in [0.2, 0.25) is 5.02 Å². The van der Waals surface area contributed by atoms with E-state index in [0.29, 0.717) is 11.6 Å². The maximum absolute atomic E-state index is 12.3. The molecule has 0 saturated carbocycles. The van der Waals surface area contributed by atoms with E-state index in [2.05, 4.69) is 11.4 Å². The lowest BCUT2D eigenvalue weighted by Gasteiger charge is -2.16. The Morgan fingerprint density at radius 1 is 1.05 bits per heavy atom. The number of aryl methyl sites for hydroxylation is 2. The molecule has 0 unspecified atom stereocenters. The van der Waals surface area contributed by atoms with Gasteiger partial charge in [0.25, 0.3) is 5.91 Å². The van der Waals surface area contributed by atoms with E-state index in [0.717, 1.165) is 24.0 Å². The van der Waals surface area contributed by atoms with Crippen molar-refractivity contribution in [2.45, 2.75) is 32.2 Å². The van der Waals surface area contributed by atoms with Gasteiger partial charge in [0.15, 0.2) is 0 Å². The van der Waals surface area contributed by atoms with Crippen LogP contribution in [0, 0.1) is 0 Å². The Morgan fingerprint density at radius 2 is 1.81 bits per heavy atom. The highest BCUT2D eigenvalue weighted by Crippen LogP contribution is 2.22.